The molecule has 1 saturated heterocycles. The molecule has 1 fully saturated rings. The molecule has 116 valence electrons. The van der Waals surface area contributed by atoms with E-state index in [1.807, 2.05) is 20.8 Å². The van der Waals surface area contributed by atoms with Crippen LogP contribution in [0.15, 0.2) is 0 Å². The molecule has 0 aliphatic carbocycles. The molecule has 5 heteroatoms. The van der Waals surface area contributed by atoms with Crippen molar-refractivity contribution in [2.75, 3.05) is 13.1 Å². The van der Waals surface area contributed by atoms with Crippen molar-refractivity contribution in [1.29, 1.82) is 0 Å². The second kappa shape index (κ2) is 6.46. The Morgan fingerprint density at radius 3 is 2.35 bits per heavy atom. The highest BCUT2D eigenvalue weighted by atomic mass is 16.6. The number of carbonyl (C=O) groups excluding carboxylic acids is 1. The molecular weight excluding hydrogens is 258 g/mol. The van der Waals surface area contributed by atoms with E-state index in [4.69, 9.17) is 4.74 Å². The third-order valence-electron chi connectivity index (χ3n) is 3.34. The molecule has 1 heterocycles. The minimum absolute atomic E-state index is 0.234. The minimum atomic E-state index is -0.827. The van der Waals surface area contributed by atoms with E-state index in [1.54, 1.807) is 4.90 Å². The molecule has 1 amide bonds. The smallest absolute Gasteiger partial charge is 0.410 e. The first kappa shape index (κ1) is 16.8. The number of rotatable bonds is 3. The number of ether oxygens (including phenoxy) is 1. The molecule has 0 spiro atoms. The summed E-state index contributed by atoms with van der Waals surface area (Å²) in [6.07, 6.45) is 1.17. The van der Waals surface area contributed by atoms with Crippen LogP contribution in [0, 0.1) is 17.8 Å². The van der Waals surface area contributed by atoms with Crippen LogP contribution in [0.3, 0.4) is 0 Å². The number of carbonyl (C=O) groups is 2. The second-order valence-electron chi connectivity index (χ2n) is 7.15. The van der Waals surface area contributed by atoms with Gasteiger partial charge >= 0.3 is 12.1 Å². The Bertz CT molecular complexity index is 359. The lowest BCUT2D eigenvalue weighted by molar-refractivity contribution is -0.144. The maximum Gasteiger partial charge on any atom is 0.410 e. The van der Waals surface area contributed by atoms with Gasteiger partial charge in [0.05, 0.1) is 5.92 Å². The number of amides is 1. The summed E-state index contributed by atoms with van der Waals surface area (Å²) in [6.45, 7) is 10.5. The average Bonchev–Trinajstić information content (AvgIpc) is 2.25. The van der Waals surface area contributed by atoms with Crippen molar-refractivity contribution in [3.05, 3.63) is 0 Å². The first-order valence-electron chi connectivity index (χ1n) is 7.29. The van der Waals surface area contributed by atoms with Crippen molar-refractivity contribution in [3.8, 4) is 0 Å². The maximum atomic E-state index is 12.1. The molecule has 0 radical (unpaired) electrons. The highest BCUT2D eigenvalue weighted by Gasteiger charge is 2.35. The molecule has 0 saturated carbocycles. The molecule has 0 aromatic heterocycles. The monoisotopic (exact) mass is 285 g/mol. The third kappa shape index (κ3) is 5.39. The van der Waals surface area contributed by atoms with Crippen LogP contribution in [0.5, 0.6) is 0 Å². The van der Waals surface area contributed by atoms with Gasteiger partial charge in [-0.1, -0.05) is 13.8 Å². The predicted octanol–water partition coefficient (Wildman–Crippen LogP) is 2.99. The normalized spacial score (nSPS) is 23.8. The van der Waals surface area contributed by atoms with E-state index in [1.165, 1.54) is 0 Å². The Morgan fingerprint density at radius 1 is 1.30 bits per heavy atom. The molecule has 1 rings (SSSR count). The van der Waals surface area contributed by atoms with Gasteiger partial charge in [-0.2, -0.15) is 0 Å². The van der Waals surface area contributed by atoms with Gasteiger partial charge in [0.2, 0.25) is 0 Å². The third-order valence-corrected chi connectivity index (χ3v) is 3.34. The highest BCUT2D eigenvalue weighted by molar-refractivity contribution is 5.73. The van der Waals surface area contributed by atoms with Gasteiger partial charge in [-0.05, 0) is 45.4 Å². The van der Waals surface area contributed by atoms with Gasteiger partial charge in [0, 0.05) is 13.1 Å². The summed E-state index contributed by atoms with van der Waals surface area (Å²) in [6, 6.07) is 0. The molecule has 20 heavy (non-hydrogen) atoms. The lowest BCUT2D eigenvalue weighted by Gasteiger charge is -2.37. The Hall–Kier alpha value is -1.26. The Labute approximate surface area is 121 Å². The average molecular weight is 285 g/mol. The fraction of sp³-hybridized carbons (Fsp3) is 0.867. The number of carboxylic acid groups (broad SMARTS) is 1. The van der Waals surface area contributed by atoms with Crippen LogP contribution in [0.2, 0.25) is 0 Å². The summed E-state index contributed by atoms with van der Waals surface area (Å²) in [5, 5.41) is 9.24. The molecule has 0 bridgehead atoms. The molecule has 0 unspecified atom stereocenters. The van der Waals surface area contributed by atoms with Gasteiger partial charge in [0.15, 0.2) is 0 Å². The lowest BCUT2D eigenvalue weighted by Crippen LogP contribution is -2.48. The van der Waals surface area contributed by atoms with Crippen LogP contribution >= 0.6 is 0 Å². The number of carboxylic acids is 1. The van der Waals surface area contributed by atoms with E-state index >= 15 is 0 Å². The van der Waals surface area contributed by atoms with E-state index in [0.717, 1.165) is 6.42 Å². The van der Waals surface area contributed by atoms with Gasteiger partial charge in [0.1, 0.15) is 5.60 Å². The van der Waals surface area contributed by atoms with Gasteiger partial charge < -0.3 is 14.7 Å². The largest absolute Gasteiger partial charge is 0.481 e. The Balaban J connectivity index is 2.74. The SMILES string of the molecule is CC(C)C[C@@H]1C[C@@H](C(=O)O)CN(C(=O)OC(C)(C)C)C1. The number of piperidine rings is 1. The standard InChI is InChI=1S/C15H27NO4/c1-10(2)6-11-7-12(13(17)18)9-16(8-11)14(19)20-15(3,4)5/h10-12H,6-9H2,1-5H3,(H,17,18)/t11-,12-/m1/s1. The summed E-state index contributed by atoms with van der Waals surface area (Å²) in [7, 11) is 0. The van der Waals surface area contributed by atoms with Gasteiger partial charge in [-0.15, -0.1) is 0 Å². The van der Waals surface area contributed by atoms with Crippen molar-refractivity contribution in [2.24, 2.45) is 17.8 Å². The van der Waals surface area contributed by atoms with Crippen LogP contribution in [0.4, 0.5) is 4.79 Å². The predicted molar refractivity (Wildman–Crippen MR) is 76.5 cm³/mol. The summed E-state index contributed by atoms with van der Waals surface area (Å²) in [5.74, 6) is -0.586. The number of aliphatic carboxylic acids is 1. The highest BCUT2D eigenvalue weighted by Crippen LogP contribution is 2.28. The minimum Gasteiger partial charge on any atom is -0.481 e. The second-order valence-corrected chi connectivity index (χ2v) is 7.15. The summed E-state index contributed by atoms with van der Waals surface area (Å²) >= 11 is 0. The van der Waals surface area contributed by atoms with Crippen molar-refractivity contribution in [2.45, 2.75) is 53.1 Å². The van der Waals surface area contributed by atoms with Crippen LogP contribution in [0.25, 0.3) is 0 Å². The van der Waals surface area contributed by atoms with Gasteiger partial charge in [-0.3, -0.25) is 4.79 Å². The van der Waals surface area contributed by atoms with Crippen LogP contribution in [-0.2, 0) is 9.53 Å². The zero-order chi connectivity index (χ0) is 15.5. The fourth-order valence-corrected chi connectivity index (χ4v) is 2.70. The van der Waals surface area contributed by atoms with Gasteiger partial charge in [0.25, 0.3) is 0 Å². The molecule has 1 N–H and O–H groups in total. The van der Waals surface area contributed by atoms with E-state index in [2.05, 4.69) is 13.8 Å². The number of likely N-dealkylation sites (tertiary alicyclic amines) is 1. The van der Waals surface area contributed by atoms with E-state index in [9.17, 15) is 14.7 Å². The molecular formula is C15H27NO4. The maximum absolute atomic E-state index is 12.1. The summed E-state index contributed by atoms with van der Waals surface area (Å²) < 4.78 is 5.35. The number of nitrogens with zero attached hydrogens (tertiary/aromatic N) is 1. The zero-order valence-electron chi connectivity index (χ0n) is 13.2. The molecule has 1 aliphatic rings. The van der Waals surface area contributed by atoms with Crippen molar-refractivity contribution >= 4 is 12.1 Å². The quantitative estimate of drug-likeness (QED) is 0.865. The summed E-state index contributed by atoms with van der Waals surface area (Å²) in [4.78, 5) is 24.9. The first-order valence-corrected chi connectivity index (χ1v) is 7.29. The molecule has 5 nitrogen and oxygen atoms in total. The first-order chi connectivity index (χ1) is 9.08. The lowest BCUT2D eigenvalue weighted by atomic mass is 9.84. The molecule has 2 atom stereocenters. The van der Waals surface area contributed by atoms with Gasteiger partial charge in [-0.25, -0.2) is 4.79 Å². The Morgan fingerprint density at radius 2 is 1.90 bits per heavy atom. The van der Waals surface area contributed by atoms with Crippen LogP contribution < -0.4 is 0 Å². The van der Waals surface area contributed by atoms with E-state index in [0.29, 0.717) is 18.9 Å². The summed E-state index contributed by atoms with van der Waals surface area (Å²) in [5.41, 5.74) is -0.555. The fourth-order valence-electron chi connectivity index (χ4n) is 2.70. The number of hydrogen-bond acceptors (Lipinski definition) is 3. The van der Waals surface area contributed by atoms with Crippen molar-refractivity contribution in [1.82, 2.24) is 4.90 Å². The van der Waals surface area contributed by atoms with Crippen molar-refractivity contribution < 1.29 is 19.4 Å². The molecule has 0 aromatic carbocycles. The van der Waals surface area contributed by atoms with Crippen LogP contribution in [0.1, 0.15) is 47.5 Å². The zero-order valence-corrected chi connectivity index (χ0v) is 13.2. The van der Waals surface area contributed by atoms with E-state index in [-0.39, 0.29) is 12.5 Å². The topological polar surface area (TPSA) is 66.8 Å². The molecule has 0 aromatic rings. The van der Waals surface area contributed by atoms with Crippen LogP contribution in [-0.4, -0.2) is 40.8 Å². The van der Waals surface area contributed by atoms with E-state index < -0.39 is 23.6 Å². The number of hydrogen-bond donors (Lipinski definition) is 1. The van der Waals surface area contributed by atoms with Crippen molar-refractivity contribution in [3.63, 3.8) is 0 Å². The molecule has 1 aliphatic heterocycles. The Kier molecular flexibility index (Phi) is 5.42.